The Labute approximate surface area is 189 Å². The van der Waals surface area contributed by atoms with E-state index in [-0.39, 0.29) is 4.90 Å². The summed E-state index contributed by atoms with van der Waals surface area (Å²) in [6.45, 7) is 5.45. The number of rotatable bonds is 4. The second-order valence-corrected chi connectivity index (χ2v) is 10.8. The Morgan fingerprint density at radius 3 is 2.74 bits per heavy atom. The molecule has 6 nitrogen and oxygen atoms in total. The number of nitrogens with zero attached hydrogens (tertiary/aromatic N) is 2. The van der Waals surface area contributed by atoms with Crippen LogP contribution in [-0.4, -0.2) is 39.6 Å². The van der Waals surface area contributed by atoms with Crippen LogP contribution < -0.4 is 14.9 Å². The van der Waals surface area contributed by atoms with E-state index in [4.69, 9.17) is 11.6 Å². The number of aromatic nitrogens is 1. The molecular formula is C22H21ClN4O2S2. The third-order valence-corrected chi connectivity index (χ3v) is 8.76. The van der Waals surface area contributed by atoms with Crippen molar-refractivity contribution in [1.82, 2.24) is 10.3 Å². The molecule has 0 aliphatic carbocycles. The van der Waals surface area contributed by atoms with Crippen molar-refractivity contribution in [3.63, 3.8) is 0 Å². The molecule has 4 aromatic rings. The molecule has 1 aliphatic heterocycles. The summed E-state index contributed by atoms with van der Waals surface area (Å²) in [4.78, 5) is 7.75. The number of aryl methyl sites for hydroxylation is 1. The van der Waals surface area contributed by atoms with E-state index in [2.05, 4.69) is 19.9 Å². The molecule has 2 aromatic carbocycles. The molecule has 5 rings (SSSR count). The minimum atomic E-state index is -3.79. The average molecular weight is 473 g/mol. The fourth-order valence-electron chi connectivity index (χ4n) is 4.10. The Bertz CT molecular complexity index is 1400. The lowest BCUT2D eigenvalue weighted by atomic mass is 10.1. The van der Waals surface area contributed by atoms with Crippen LogP contribution in [0.4, 0.5) is 11.4 Å². The number of fused-ring (bicyclic) bond motifs is 2. The van der Waals surface area contributed by atoms with Gasteiger partial charge in [-0.25, -0.2) is 8.42 Å². The number of halogens is 1. The molecule has 0 amide bonds. The lowest BCUT2D eigenvalue weighted by Crippen LogP contribution is -2.43. The summed E-state index contributed by atoms with van der Waals surface area (Å²) in [5, 5.41) is 5.49. The topological polar surface area (TPSA) is 74.3 Å². The van der Waals surface area contributed by atoms with Gasteiger partial charge in [-0.05, 0) is 37.3 Å². The Morgan fingerprint density at radius 2 is 1.94 bits per heavy atom. The maximum Gasteiger partial charge on any atom is 0.263 e. The van der Waals surface area contributed by atoms with E-state index in [0.717, 1.165) is 47.5 Å². The number of pyridine rings is 1. The van der Waals surface area contributed by atoms with Gasteiger partial charge < -0.3 is 10.2 Å². The maximum absolute atomic E-state index is 13.3. The largest absolute Gasteiger partial charge is 0.368 e. The van der Waals surface area contributed by atoms with Crippen molar-refractivity contribution in [2.75, 3.05) is 35.8 Å². The van der Waals surface area contributed by atoms with Crippen molar-refractivity contribution in [2.45, 2.75) is 11.8 Å². The normalized spacial score (nSPS) is 15.0. The summed E-state index contributed by atoms with van der Waals surface area (Å²) in [5.74, 6) is 0. The van der Waals surface area contributed by atoms with Crippen LogP contribution in [0, 0.1) is 6.92 Å². The average Bonchev–Trinajstić information content (AvgIpc) is 3.12. The molecule has 160 valence electrons. The molecule has 31 heavy (non-hydrogen) atoms. The van der Waals surface area contributed by atoms with Crippen LogP contribution in [0.25, 0.3) is 21.0 Å². The zero-order valence-corrected chi connectivity index (χ0v) is 19.2. The van der Waals surface area contributed by atoms with Gasteiger partial charge in [0.15, 0.2) is 0 Å². The molecule has 3 heterocycles. The SMILES string of the molecule is Cc1sc2c(Cl)cccc2c1S(=O)(=O)Nc1ccc2nccc(N3CCNCC3)c2c1. The fourth-order valence-corrected chi connectivity index (χ4v) is 7.24. The smallest absolute Gasteiger partial charge is 0.263 e. The number of nitrogens with one attached hydrogen (secondary N) is 2. The summed E-state index contributed by atoms with van der Waals surface area (Å²) in [6, 6.07) is 12.8. The van der Waals surface area contributed by atoms with Crippen molar-refractivity contribution in [3.05, 3.63) is 58.6 Å². The third-order valence-electron chi connectivity index (χ3n) is 5.48. The molecule has 0 saturated carbocycles. The number of sulfonamides is 1. The lowest BCUT2D eigenvalue weighted by Gasteiger charge is -2.30. The Kier molecular flexibility index (Phi) is 5.26. The van der Waals surface area contributed by atoms with Crippen LogP contribution in [0.15, 0.2) is 53.6 Å². The fraction of sp³-hybridized carbons (Fsp3) is 0.227. The first kappa shape index (κ1) is 20.5. The van der Waals surface area contributed by atoms with E-state index in [9.17, 15) is 8.42 Å². The predicted molar refractivity (Wildman–Crippen MR) is 129 cm³/mol. The van der Waals surface area contributed by atoms with Crippen LogP contribution in [0.3, 0.4) is 0 Å². The van der Waals surface area contributed by atoms with Gasteiger partial charge in [0, 0.05) is 59.4 Å². The molecule has 9 heteroatoms. The van der Waals surface area contributed by atoms with Crippen LogP contribution in [0.1, 0.15) is 4.88 Å². The van der Waals surface area contributed by atoms with Crippen LogP contribution in [0.2, 0.25) is 5.02 Å². The molecule has 0 unspecified atom stereocenters. The predicted octanol–water partition coefficient (Wildman–Crippen LogP) is 4.62. The van der Waals surface area contributed by atoms with Gasteiger partial charge in [0.05, 0.1) is 15.2 Å². The standard InChI is InChI=1S/C22H21ClN4O2S2/c1-14-22(16-3-2-4-18(23)21(16)30-14)31(28,29)26-15-5-6-19-17(13-15)20(7-8-25-19)27-11-9-24-10-12-27/h2-8,13,24,26H,9-12H2,1H3. The molecule has 2 aromatic heterocycles. The molecule has 1 fully saturated rings. The molecule has 0 bridgehead atoms. The van der Waals surface area contributed by atoms with Crippen molar-refractivity contribution in [1.29, 1.82) is 0 Å². The molecule has 0 spiro atoms. The second-order valence-electron chi connectivity index (χ2n) is 7.51. The molecule has 1 aliphatic rings. The van der Waals surface area contributed by atoms with E-state index in [1.807, 2.05) is 25.1 Å². The molecule has 0 radical (unpaired) electrons. The summed E-state index contributed by atoms with van der Waals surface area (Å²) >= 11 is 7.68. The highest BCUT2D eigenvalue weighted by molar-refractivity contribution is 7.93. The first-order valence-corrected chi connectivity index (χ1v) is 12.7. The number of thiophene rings is 1. The molecule has 0 atom stereocenters. The van der Waals surface area contributed by atoms with Gasteiger partial charge >= 0.3 is 0 Å². The van der Waals surface area contributed by atoms with Gasteiger partial charge in [-0.1, -0.05) is 23.7 Å². The van der Waals surface area contributed by atoms with Gasteiger partial charge in [-0.3, -0.25) is 9.71 Å². The highest BCUT2D eigenvalue weighted by Gasteiger charge is 2.24. The van der Waals surface area contributed by atoms with E-state index >= 15 is 0 Å². The number of piperazine rings is 1. The second kappa shape index (κ2) is 7.94. The minimum absolute atomic E-state index is 0.281. The van der Waals surface area contributed by atoms with Crippen molar-refractivity contribution < 1.29 is 8.42 Å². The van der Waals surface area contributed by atoms with Crippen LogP contribution in [-0.2, 0) is 10.0 Å². The van der Waals surface area contributed by atoms with Gasteiger partial charge in [-0.15, -0.1) is 11.3 Å². The minimum Gasteiger partial charge on any atom is -0.368 e. The van der Waals surface area contributed by atoms with Gasteiger partial charge in [-0.2, -0.15) is 0 Å². The number of benzene rings is 2. The molecular weight excluding hydrogens is 452 g/mol. The highest BCUT2D eigenvalue weighted by Crippen LogP contribution is 2.39. The van der Waals surface area contributed by atoms with Gasteiger partial charge in [0.1, 0.15) is 4.90 Å². The first-order valence-electron chi connectivity index (χ1n) is 9.99. The van der Waals surface area contributed by atoms with Crippen molar-refractivity contribution >= 4 is 65.3 Å². The van der Waals surface area contributed by atoms with Crippen LogP contribution >= 0.6 is 22.9 Å². The summed E-state index contributed by atoms with van der Waals surface area (Å²) in [7, 11) is -3.79. The lowest BCUT2D eigenvalue weighted by molar-refractivity contribution is 0.590. The third kappa shape index (κ3) is 3.74. The Hall–Kier alpha value is -2.39. The highest BCUT2D eigenvalue weighted by atomic mass is 35.5. The zero-order chi connectivity index (χ0) is 21.6. The van der Waals surface area contributed by atoms with E-state index < -0.39 is 10.0 Å². The Balaban J connectivity index is 1.56. The zero-order valence-electron chi connectivity index (χ0n) is 16.9. The molecule has 2 N–H and O–H groups in total. The van der Waals surface area contributed by atoms with Crippen LogP contribution in [0.5, 0.6) is 0 Å². The monoisotopic (exact) mass is 472 g/mol. The summed E-state index contributed by atoms with van der Waals surface area (Å²) < 4.78 is 30.3. The maximum atomic E-state index is 13.3. The Morgan fingerprint density at radius 1 is 1.13 bits per heavy atom. The first-order chi connectivity index (χ1) is 14.9. The van der Waals surface area contributed by atoms with E-state index in [1.165, 1.54) is 11.3 Å². The summed E-state index contributed by atoms with van der Waals surface area (Å²) in [5.41, 5.74) is 2.41. The van der Waals surface area contributed by atoms with Crippen molar-refractivity contribution in [2.24, 2.45) is 0 Å². The number of hydrogen-bond acceptors (Lipinski definition) is 6. The van der Waals surface area contributed by atoms with Gasteiger partial charge in [0.2, 0.25) is 0 Å². The summed E-state index contributed by atoms with van der Waals surface area (Å²) in [6.07, 6.45) is 1.80. The molecule has 1 saturated heterocycles. The van der Waals surface area contributed by atoms with Gasteiger partial charge in [0.25, 0.3) is 10.0 Å². The number of hydrogen-bond donors (Lipinski definition) is 2. The van der Waals surface area contributed by atoms with E-state index in [1.54, 1.807) is 30.5 Å². The quantitative estimate of drug-likeness (QED) is 0.453. The van der Waals surface area contributed by atoms with Crippen molar-refractivity contribution in [3.8, 4) is 0 Å². The van der Waals surface area contributed by atoms with E-state index in [0.29, 0.717) is 21.0 Å². The number of anilines is 2.